The van der Waals surface area contributed by atoms with Crippen LogP contribution in [0.25, 0.3) is 0 Å². The normalized spacial score (nSPS) is 22.0. The number of halogens is 3. The molecule has 0 aromatic carbocycles. The van der Waals surface area contributed by atoms with E-state index >= 15 is 0 Å². The molecule has 2 aliphatic heterocycles. The number of nitrogens with zero attached hydrogens (tertiary/aromatic N) is 2. The molecule has 126 valence electrons. The van der Waals surface area contributed by atoms with Crippen LogP contribution in [0.2, 0.25) is 0 Å². The number of carbonyl (C=O) groups is 2. The van der Waals surface area contributed by atoms with Gasteiger partial charge in [0.2, 0.25) is 5.91 Å². The highest BCUT2D eigenvalue weighted by Gasteiger charge is 2.43. The minimum atomic E-state index is -4.40. The Balaban J connectivity index is 1.84. The molecule has 10 heteroatoms. The van der Waals surface area contributed by atoms with Crippen molar-refractivity contribution in [2.24, 2.45) is 0 Å². The summed E-state index contributed by atoms with van der Waals surface area (Å²) in [5.74, 6) is 0.0539. The van der Waals surface area contributed by atoms with Crippen molar-refractivity contribution in [2.75, 3.05) is 51.6 Å². The molecule has 0 spiro atoms. The lowest BCUT2D eigenvalue weighted by Crippen LogP contribution is -2.58. The van der Waals surface area contributed by atoms with Crippen LogP contribution in [0.1, 0.15) is 0 Å². The summed E-state index contributed by atoms with van der Waals surface area (Å²) in [7, 11) is 0. The summed E-state index contributed by atoms with van der Waals surface area (Å²) in [4.78, 5) is 25.8. The number of amides is 2. The molecule has 1 atom stereocenters. The van der Waals surface area contributed by atoms with Gasteiger partial charge < -0.3 is 15.5 Å². The molecule has 2 N–H and O–H groups in total. The van der Waals surface area contributed by atoms with Crippen LogP contribution in [-0.2, 0) is 4.79 Å². The van der Waals surface area contributed by atoms with Gasteiger partial charge in [0.15, 0.2) is 0 Å². The Labute approximate surface area is 130 Å². The molecule has 2 rings (SSSR count). The smallest absolute Gasteiger partial charge is 0.353 e. The van der Waals surface area contributed by atoms with Gasteiger partial charge in [0.05, 0.1) is 0 Å². The van der Waals surface area contributed by atoms with Crippen LogP contribution < -0.4 is 10.6 Å². The summed E-state index contributed by atoms with van der Waals surface area (Å²) in [5, 5.41) is 5.10. The molecule has 0 aromatic rings. The van der Waals surface area contributed by atoms with E-state index in [0.717, 1.165) is 11.8 Å². The van der Waals surface area contributed by atoms with Crippen LogP contribution in [0.3, 0.4) is 0 Å². The lowest BCUT2D eigenvalue weighted by atomic mass is 10.2. The van der Waals surface area contributed by atoms with Gasteiger partial charge in [-0.05, 0) is 0 Å². The van der Waals surface area contributed by atoms with Crippen molar-refractivity contribution in [1.29, 1.82) is 0 Å². The largest absolute Gasteiger partial charge is 0.405 e. The molecule has 6 nitrogen and oxygen atoms in total. The third-order valence-corrected chi connectivity index (χ3v) is 4.53. The summed E-state index contributed by atoms with van der Waals surface area (Å²) >= 11 is 1.11. The van der Waals surface area contributed by atoms with Gasteiger partial charge in [0, 0.05) is 45.0 Å². The SMILES string of the molecule is O=C(CN1CCSC1=O)NCC(N1CCNCC1)C(F)(F)F. The lowest BCUT2D eigenvalue weighted by molar-refractivity contribution is -0.184. The molecule has 0 saturated carbocycles. The molecule has 2 heterocycles. The van der Waals surface area contributed by atoms with Gasteiger partial charge in [-0.2, -0.15) is 13.2 Å². The summed E-state index contributed by atoms with van der Waals surface area (Å²) in [6.07, 6.45) is -4.40. The second kappa shape index (κ2) is 7.51. The third-order valence-electron chi connectivity index (χ3n) is 3.64. The number of rotatable bonds is 5. The Kier molecular flexibility index (Phi) is 5.93. The highest BCUT2D eigenvalue weighted by molar-refractivity contribution is 8.13. The second-order valence-corrected chi connectivity index (χ2v) is 6.23. The van der Waals surface area contributed by atoms with Gasteiger partial charge >= 0.3 is 6.18 Å². The molecule has 2 aliphatic rings. The van der Waals surface area contributed by atoms with E-state index in [0.29, 0.717) is 38.5 Å². The maximum absolute atomic E-state index is 13.1. The van der Waals surface area contributed by atoms with Crippen molar-refractivity contribution in [3.05, 3.63) is 0 Å². The summed E-state index contributed by atoms with van der Waals surface area (Å²) in [5.41, 5.74) is 0. The Morgan fingerprint density at radius 3 is 2.55 bits per heavy atom. The fourth-order valence-corrected chi connectivity index (χ4v) is 3.28. The van der Waals surface area contributed by atoms with Crippen LogP contribution in [0.15, 0.2) is 0 Å². The molecule has 0 radical (unpaired) electrons. The molecule has 22 heavy (non-hydrogen) atoms. The van der Waals surface area contributed by atoms with Gasteiger partial charge in [-0.3, -0.25) is 14.5 Å². The van der Waals surface area contributed by atoms with Gasteiger partial charge in [-0.1, -0.05) is 11.8 Å². The number of hydrogen-bond acceptors (Lipinski definition) is 5. The fourth-order valence-electron chi connectivity index (χ4n) is 2.45. The molecule has 1 unspecified atom stereocenters. The zero-order valence-electron chi connectivity index (χ0n) is 12.0. The molecule has 2 saturated heterocycles. The van der Waals surface area contributed by atoms with E-state index < -0.39 is 24.7 Å². The lowest BCUT2D eigenvalue weighted by Gasteiger charge is -2.36. The van der Waals surface area contributed by atoms with Crippen molar-refractivity contribution < 1.29 is 22.8 Å². The topological polar surface area (TPSA) is 64.7 Å². The molecular weight excluding hydrogens is 321 g/mol. The van der Waals surface area contributed by atoms with Crippen molar-refractivity contribution in [3.63, 3.8) is 0 Å². The molecule has 2 fully saturated rings. The molecule has 0 aromatic heterocycles. The Morgan fingerprint density at radius 1 is 1.32 bits per heavy atom. The minimum absolute atomic E-state index is 0.183. The summed E-state index contributed by atoms with van der Waals surface area (Å²) in [6.45, 7) is 1.37. The minimum Gasteiger partial charge on any atom is -0.353 e. The first kappa shape index (κ1) is 17.4. The van der Waals surface area contributed by atoms with Crippen molar-refractivity contribution in [1.82, 2.24) is 20.4 Å². The average Bonchev–Trinajstić information content (AvgIpc) is 2.84. The average molecular weight is 340 g/mol. The van der Waals surface area contributed by atoms with E-state index in [1.807, 2.05) is 0 Å². The number of carbonyl (C=O) groups excluding carboxylic acids is 2. The van der Waals surface area contributed by atoms with Crippen molar-refractivity contribution in [2.45, 2.75) is 12.2 Å². The van der Waals surface area contributed by atoms with E-state index in [-0.39, 0.29) is 11.8 Å². The summed E-state index contributed by atoms with van der Waals surface area (Å²) < 4.78 is 39.4. The molecule has 0 aliphatic carbocycles. The number of nitrogens with one attached hydrogen (secondary N) is 2. The van der Waals surface area contributed by atoms with Gasteiger partial charge in [-0.15, -0.1) is 0 Å². The molecule has 0 bridgehead atoms. The van der Waals surface area contributed by atoms with E-state index in [1.165, 1.54) is 9.80 Å². The van der Waals surface area contributed by atoms with Gasteiger partial charge in [-0.25, -0.2) is 0 Å². The predicted octanol–water partition coefficient (Wildman–Crippen LogP) is 0.108. The fraction of sp³-hybridized carbons (Fsp3) is 0.833. The number of piperazine rings is 1. The zero-order valence-corrected chi connectivity index (χ0v) is 12.8. The third kappa shape index (κ3) is 4.75. The number of thioether (sulfide) groups is 1. The van der Waals surface area contributed by atoms with Gasteiger partial charge in [0.25, 0.3) is 5.24 Å². The molecular formula is C12H19F3N4O2S. The van der Waals surface area contributed by atoms with E-state index in [9.17, 15) is 22.8 Å². The van der Waals surface area contributed by atoms with E-state index in [4.69, 9.17) is 0 Å². The van der Waals surface area contributed by atoms with Crippen molar-refractivity contribution >= 4 is 22.9 Å². The van der Waals surface area contributed by atoms with Crippen LogP contribution in [0, 0.1) is 0 Å². The summed E-state index contributed by atoms with van der Waals surface area (Å²) in [6, 6.07) is -1.69. The standard InChI is InChI=1S/C12H19F3N4O2S/c13-12(14,15)9(18-3-1-16-2-4-18)7-17-10(20)8-19-5-6-22-11(19)21/h9,16H,1-8H2,(H,17,20). The van der Waals surface area contributed by atoms with Crippen LogP contribution in [0.4, 0.5) is 18.0 Å². The highest BCUT2D eigenvalue weighted by atomic mass is 32.2. The van der Waals surface area contributed by atoms with Crippen LogP contribution >= 0.6 is 11.8 Å². The monoisotopic (exact) mass is 340 g/mol. The Hall–Kier alpha value is -1.00. The van der Waals surface area contributed by atoms with Crippen LogP contribution in [-0.4, -0.2) is 84.7 Å². The first-order chi connectivity index (χ1) is 10.4. The van der Waals surface area contributed by atoms with Crippen molar-refractivity contribution in [3.8, 4) is 0 Å². The first-order valence-corrected chi connectivity index (χ1v) is 8.06. The van der Waals surface area contributed by atoms with Gasteiger partial charge in [0.1, 0.15) is 12.6 Å². The number of alkyl halides is 3. The highest BCUT2D eigenvalue weighted by Crippen LogP contribution is 2.24. The maximum Gasteiger partial charge on any atom is 0.405 e. The zero-order chi connectivity index (χ0) is 16.2. The van der Waals surface area contributed by atoms with E-state index in [1.54, 1.807) is 0 Å². The quantitative estimate of drug-likeness (QED) is 0.744. The maximum atomic E-state index is 13.1. The Bertz CT molecular complexity index is 416. The predicted molar refractivity (Wildman–Crippen MR) is 76.7 cm³/mol. The number of hydrogen-bond donors (Lipinski definition) is 2. The first-order valence-electron chi connectivity index (χ1n) is 7.08. The second-order valence-electron chi connectivity index (χ2n) is 5.18. The van der Waals surface area contributed by atoms with E-state index in [2.05, 4.69) is 10.6 Å². The molecule has 2 amide bonds. The Morgan fingerprint density at radius 2 is 2.00 bits per heavy atom. The van der Waals surface area contributed by atoms with Crippen LogP contribution in [0.5, 0.6) is 0 Å².